The molecule has 0 spiro atoms. The predicted molar refractivity (Wildman–Crippen MR) is 49.6 cm³/mol. The summed E-state index contributed by atoms with van der Waals surface area (Å²) in [5, 5.41) is 8.47. The van der Waals surface area contributed by atoms with Crippen LogP contribution in [0.5, 0.6) is 0 Å². The third kappa shape index (κ3) is 3.52. The molecule has 1 heterocycles. The summed E-state index contributed by atoms with van der Waals surface area (Å²) in [6.07, 6.45) is -7.66. The van der Waals surface area contributed by atoms with Crippen molar-refractivity contribution in [1.29, 1.82) is 0 Å². The van der Waals surface area contributed by atoms with Gasteiger partial charge in [-0.25, -0.2) is 0 Å². The molecule has 1 N–H and O–H groups in total. The monoisotopic (exact) mass is 291 g/mol. The van der Waals surface area contributed by atoms with Gasteiger partial charge in [-0.15, -0.1) is 0 Å². The van der Waals surface area contributed by atoms with Gasteiger partial charge >= 0.3 is 24.0 Å². The van der Waals surface area contributed by atoms with Crippen LogP contribution in [0.3, 0.4) is 0 Å². The van der Waals surface area contributed by atoms with Crippen molar-refractivity contribution in [2.75, 3.05) is 19.7 Å². The topological polar surface area (TPSA) is 66.8 Å². The van der Waals surface area contributed by atoms with Crippen LogP contribution in [-0.2, 0) is 14.3 Å². The molecule has 5 nitrogen and oxygen atoms in total. The highest BCUT2D eigenvalue weighted by Gasteiger charge is 2.64. The van der Waals surface area contributed by atoms with Crippen LogP contribution in [0.15, 0.2) is 0 Å². The Bertz CT molecular complexity index is 370. The van der Waals surface area contributed by atoms with Crippen molar-refractivity contribution in [2.24, 2.45) is 0 Å². The van der Waals surface area contributed by atoms with E-state index >= 15 is 0 Å². The fraction of sp³-hybridized carbons (Fsp3) is 0.778. The van der Waals surface area contributed by atoms with Gasteiger partial charge in [-0.05, 0) is 0 Å². The number of aliphatic carboxylic acids is 1. The van der Waals surface area contributed by atoms with Gasteiger partial charge < -0.3 is 14.7 Å². The molecule has 1 fully saturated rings. The second-order valence-corrected chi connectivity index (χ2v) is 3.91. The fourth-order valence-corrected chi connectivity index (χ4v) is 1.54. The lowest BCUT2D eigenvalue weighted by atomic mass is 10.2. The van der Waals surface area contributed by atoms with Crippen molar-refractivity contribution in [3.8, 4) is 0 Å². The van der Waals surface area contributed by atoms with Crippen LogP contribution in [0, 0.1) is 0 Å². The SMILES string of the molecule is O=C(O)CC1CN(C(=O)C(F)(F)C(F)(F)F)CCO1. The van der Waals surface area contributed by atoms with Crippen LogP contribution in [0.2, 0.25) is 0 Å². The minimum Gasteiger partial charge on any atom is -0.481 e. The van der Waals surface area contributed by atoms with E-state index < -0.39 is 49.6 Å². The zero-order valence-electron chi connectivity index (χ0n) is 9.41. The predicted octanol–water partition coefficient (Wildman–Crippen LogP) is 0.886. The Kier molecular flexibility index (Phi) is 4.33. The van der Waals surface area contributed by atoms with E-state index in [0.717, 1.165) is 0 Å². The third-order valence-electron chi connectivity index (χ3n) is 2.45. The molecule has 110 valence electrons. The Labute approximate surface area is 103 Å². The minimum atomic E-state index is -5.98. The zero-order chi connectivity index (χ0) is 14.8. The molecule has 1 atom stereocenters. The lowest BCUT2D eigenvalue weighted by Crippen LogP contribution is -2.56. The molecule has 0 aliphatic carbocycles. The van der Waals surface area contributed by atoms with Gasteiger partial charge in [0.05, 0.1) is 19.1 Å². The number of carboxylic acids is 1. The molecular formula is C9H10F5NO4. The van der Waals surface area contributed by atoms with E-state index in [9.17, 15) is 31.5 Å². The molecule has 1 rings (SSSR count). The Balaban J connectivity index is 2.75. The summed E-state index contributed by atoms with van der Waals surface area (Å²) in [5.74, 6) is -9.18. The molecule has 0 radical (unpaired) electrons. The maximum absolute atomic E-state index is 12.8. The lowest BCUT2D eigenvalue weighted by molar-refractivity contribution is -0.275. The highest BCUT2D eigenvalue weighted by atomic mass is 19.4. The number of rotatable bonds is 3. The molecule has 1 amide bonds. The van der Waals surface area contributed by atoms with Crippen LogP contribution in [-0.4, -0.2) is 59.8 Å². The number of amides is 1. The molecule has 1 aliphatic rings. The van der Waals surface area contributed by atoms with E-state index in [0.29, 0.717) is 0 Å². The Morgan fingerprint density at radius 1 is 1.26 bits per heavy atom. The molecule has 0 aromatic heterocycles. The van der Waals surface area contributed by atoms with Gasteiger partial charge in [-0.1, -0.05) is 0 Å². The standard InChI is InChI=1S/C9H10F5NO4/c10-8(11,9(12,13)14)7(18)15-1-2-19-5(4-15)3-6(16)17/h5H,1-4H2,(H,16,17). The minimum absolute atomic E-state index is 0.268. The number of carbonyl (C=O) groups is 2. The van der Waals surface area contributed by atoms with Gasteiger partial charge in [0.1, 0.15) is 0 Å². The van der Waals surface area contributed by atoms with Crippen LogP contribution in [0.25, 0.3) is 0 Å². The summed E-state index contributed by atoms with van der Waals surface area (Å²) in [5.41, 5.74) is 0. The van der Waals surface area contributed by atoms with Gasteiger partial charge in [-0.2, -0.15) is 22.0 Å². The third-order valence-corrected chi connectivity index (χ3v) is 2.45. The highest BCUT2D eigenvalue weighted by Crippen LogP contribution is 2.37. The normalized spacial score (nSPS) is 21.3. The molecule has 0 saturated carbocycles. The largest absolute Gasteiger partial charge is 0.481 e. The number of alkyl halides is 5. The average molecular weight is 291 g/mol. The fourth-order valence-electron chi connectivity index (χ4n) is 1.54. The van der Waals surface area contributed by atoms with E-state index in [-0.39, 0.29) is 11.5 Å². The van der Waals surface area contributed by atoms with E-state index in [1.807, 2.05) is 0 Å². The summed E-state index contributed by atoms with van der Waals surface area (Å²) < 4.78 is 66.6. The van der Waals surface area contributed by atoms with Crippen molar-refractivity contribution in [1.82, 2.24) is 4.90 Å². The zero-order valence-corrected chi connectivity index (χ0v) is 9.41. The van der Waals surface area contributed by atoms with Crippen LogP contribution < -0.4 is 0 Å². The Hall–Kier alpha value is -1.45. The molecule has 1 unspecified atom stereocenters. The first-order valence-electron chi connectivity index (χ1n) is 5.13. The average Bonchev–Trinajstić information content (AvgIpc) is 2.25. The molecule has 0 bridgehead atoms. The maximum Gasteiger partial charge on any atom is 0.463 e. The van der Waals surface area contributed by atoms with Crippen molar-refractivity contribution < 1.29 is 41.4 Å². The Morgan fingerprint density at radius 2 is 1.84 bits per heavy atom. The van der Waals surface area contributed by atoms with Gasteiger partial charge in [0.25, 0.3) is 0 Å². The number of carbonyl (C=O) groups excluding carboxylic acids is 1. The van der Waals surface area contributed by atoms with Crippen molar-refractivity contribution in [2.45, 2.75) is 24.6 Å². The van der Waals surface area contributed by atoms with E-state index in [1.54, 1.807) is 0 Å². The Morgan fingerprint density at radius 3 is 2.32 bits per heavy atom. The first-order chi connectivity index (χ1) is 8.55. The molecule has 0 aromatic rings. The molecule has 10 heteroatoms. The van der Waals surface area contributed by atoms with Crippen LogP contribution in [0.4, 0.5) is 22.0 Å². The van der Waals surface area contributed by atoms with Crippen molar-refractivity contribution in [3.63, 3.8) is 0 Å². The number of carboxylic acid groups (broad SMARTS) is 1. The smallest absolute Gasteiger partial charge is 0.463 e. The molecular weight excluding hydrogens is 281 g/mol. The van der Waals surface area contributed by atoms with Gasteiger partial charge in [0, 0.05) is 13.1 Å². The van der Waals surface area contributed by atoms with E-state index in [1.165, 1.54) is 0 Å². The number of hydrogen-bond acceptors (Lipinski definition) is 3. The summed E-state index contributed by atoms with van der Waals surface area (Å²) in [7, 11) is 0. The second-order valence-electron chi connectivity index (χ2n) is 3.91. The second kappa shape index (κ2) is 5.27. The molecule has 1 saturated heterocycles. The molecule has 1 aliphatic heterocycles. The number of halogens is 5. The summed E-state index contributed by atoms with van der Waals surface area (Å²) in [6.45, 7) is -1.35. The first kappa shape index (κ1) is 15.6. The number of hydrogen-bond donors (Lipinski definition) is 1. The van der Waals surface area contributed by atoms with Crippen LogP contribution >= 0.6 is 0 Å². The van der Waals surface area contributed by atoms with E-state index in [4.69, 9.17) is 9.84 Å². The highest BCUT2D eigenvalue weighted by molar-refractivity contribution is 5.84. The van der Waals surface area contributed by atoms with Gasteiger partial charge in [-0.3, -0.25) is 9.59 Å². The maximum atomic E-state index is 12.8. The van der Waals surface area contributed by atoms with Crippen molar-refractivity contribution >= 4 is 11.9 Å². The lowest BCUT2D eigenvalue weighted by Gasteiger charge is -2.34. The first-order valence-corrected chi connectivity index (χ1v) is 5.13. The van der Waals surface area contributed by atoms with Gasteiger partial charge in [0.15, 0.2) is 0 Å². The van der Waals surface area contributed by atoms with Gasteiger partial charge in [0.2, 0.25) is 0 Å². The molecule has 19 heavy (non-hydrogen) atoms. The number of morpholine rings is 1. The molecule has 0 aromatic carbocycles. The number of ether oxygens (including phenoxy) is 1. The summed E-state index contributed by atoms with van der Waals surface area (Å²) >= 11 is 0. The van der Waals surface area contributed by atoms with Crippen LogP contribution in [0.1, 0.15) is 6.42 Å². The van der Waals surface area contributed by atoms with Crippen molar-refractivity contribution in [3.05, 3.63) is 0 Å². The summed E-state index contributed by atoms with van der Waals surface area (Å²) in [4.78, 5) is 21.8. The van der Waals surface area contributed by atoms with E-state index in [2.05, 4.69) is 0 Å². The number of nitrogens with zero attached hydrogens (tertiary/aromatic N) is 1. The quantitative estimate of drug-likeness (QED) is 0.784. The summed E-state index contributed by atoms with van der Waals surface area (Å²) in [6, 6.07) is 0.